The number of rotatable bonds is 5. The van der Waals surface area contributed by atoms with Gasteiger partial charge in [0.25, 0.3) is 0 Å². The van der Waals surface area contributed by atoms with Crippen LogP contribution in [0.4, 0.5) is 0 Å². The number of likely N-dealkylation sites (N-methyl/N-ethyl adjacent to an activating group) is 1. The van der Waals surface area contributed by atoms with Crippen molar-refractivity contribution < 1.29 is 0 Å². The monoisotopic (exact) mass is 302 g/mol. The normalized spacial score (nSPS) is 12.7. The molecular weight excluding hydrogens is 280 g/mol. The Labute approximate surface area is 132 Å². The Hall–Kier alpha value is -1.35. The minimum atomic E-state index is 0.213. The van der Waals surface area contributed by atoms with E-state index >= 15 is 0 Å². The van der Waals surface area contributed by atoms with Crippen molar-refractivity contribution >= 4 is 11.6 Å². The van der Waals surface area contributed by atoms with E-state index in [0.29, 0.717) is 6.54 Å². The van der Waals surface area contributed by atoms with Crippen molar-refractivity contribution in [3.8, 4) is 0 Å². The number of aryl methyl sites for hydroxylation is 2. The molecule has 0 aliphatic rings. The van der Waals surface area contributed by atoms with Crippen molar-refractivity contribution in [2.24, 2.45) is 5.73 Å². The maximum absolute atomic E-state index is 6.07. The van der Waals surface area contributed by atoms with Crippen LogP contribution in [0.15, 0.2) is 42.5 Å². The predicted octanol–water partition coefficient (Wildman–Crippen LogP) is 4.09. The molecule has 0 aliphatic carbocycles. The van der Waals surface area contributed by atoms with Crippen LogP contribution in [0.2, 0.25) is 5.02 Å². The maximum atomic E-state index is 6.07. The topological polar surface area (TPSA) is 29.3 Å². The number of halogens is 1. The van der Waals surface area contributed by atoms with Gasteiger partial charge >= 0.3 is 0 Å². The van der Waals surface area contributed by atoms with E-state index in [1.54, 1.807) is 0 Å². The van der Waals surface area contributed by atoms with E-state index < -0.39 is 0 Å². The average Bonchev–Trinajstić information content (AvgIpc) is 2.43. The lowest BCUT2D eigenvalue weighted by Gasteiger charge is -2.30. The van der Waals surface area contributed by atoms with Gasteiger partial charge in [-0.05, 0) is 55.3 Å². The minimum Gasteiger partial charge on any atom is -0.329 e. The molecular formula is C18H23ClN2. The summed E-state index contributed by atoms with van der Waals surface area (Å²) in [6.07, 6.45) is 0. The zero-order valence-corrected chi connectivity index (χ0v) is 13.7. The fourth-order valence-corrected chi connectivity index (χ4v) is 3.12. The van der Waals surface area contributed by atoms with Crippen LogP contribution in [-0.4, -0.2) is 18.5 Å². The van der Waals surface area contributed by atoms with Gasteiger partial charge in [-0.2, -0.15) is 0 Å². The summed E-state index contributed by atoms with van der Waals surface area (Å²) in [5.41, 5.74) is 11.2. The second-order valence-electron chi connectivity index (χ2n) is 5.60. The van der Waals surface area contributed by atoms with E-state index in [2.05, 4.69) is 50.1 Å². The summed E-state index contributed by atoms with van der Waals surface area (Å²) in [4.78, 5) is 2.29. The average molecular weight is 303 g/mol. The fraction of sp³-hybridized carbons (Fsp3) is 0.333. The third kappa shape index (κ3) is 3.85. The van der Waals surface area contributed by atoms with Crippen LogP contribution < -0.4 is 5.73 Å². The SMILES string of the molecule is Cc1cccc(C)c1C(CN)N(C)Cc1cccc(Cl)c1. The van der Waals surface area contributed by atoms with Gasteiger partial charge in [-0.15, -0.1) is 0 Å². The first-order valence-electron chi connectivity index (χ1n) is 7.23. The highest BCUT2D eigenvalue weighted by molar-refractivity contribution is 6.30. The fourth-order valence-electron chi connectivity index (χ4n) is 2.90. The summed E-state index contributed by atoms with van der Waals surface area (Å²) >= 11 is 6.07. The third-order valence-electron chi connectivity index (χ3n) is 3.95. The summed E-state index contributed by atoms with van der Waals surface area (Å²) in [6.45, 7) is 5.73. The van der Waals surface area contributed by atoms with Gasteiger partial charge in [0.15, 0.2) is 0 Å². The molecule has 0 radical (unpaired) electrons. The largest absolute Gasteiger partial charge is 0.329 e. The van der Waals surface area contributed by atoms with Crippen LogP contribution in [0.5, 0.6) is 0 Å². The van der Waals surface area contributed by atoms with Gasteiger partial charge in [-0.1, -0.05) is 41.9 Å². The zero-order valence-electron chi connectivity index (χ0n) is 12.9. The molecule has 1 unspecified atom stereocenters. The first-order chi connectivity index (χ1) is 10.0. The minimum absolute atomic E-state index is 0.213. The van der Waals surface area contributed by atoms with Crippen LogP contribution in [0, 0.1) is 13.8 Å². The van der Waals surface area contributed by atoms with E-state index in [4.69, 9.17) is 17.3 Å². The Kier molecular flexibility index (Phi) is 5.40. The standard InChI is InChI=1S/C18H23ClN2/c1-13-6-4-7-14(2)18(13)17(11-20)21(3)12-15-8-5-9-16(19)10-15/h4-10,17H,11-12,20H2,1-3H3. The molecule has 0 aliphatic heterocycles. The quantitative estimate of drug-likeness (QED) is 0.901. The van der Waals surface area contributed by atoms with Crippen LogP contribution in [0.1, 0.15) is 28.3 Å². The van der Waals surface area contributed by atoms with Gasteiger partial charge in [0.2, 0.25) is 0 Å². The van der Waals surface area contributed by atoms with Gasteiger partial charge in [-0.3, -0.25) is 4.90 Å². The summed E-state index contributed by atoms with van der Waals surface area (Å²) in [7, 11) is 2.12. The molecule has 0 spiro atoms. The van der Waals surface area contributed by atoms with Crippen molar-refractivity contribution in [1.82, 2.24) is 4.90 Å². The van der Waals surface area contributed by atoms with Gasteiger partial charge in [0.1, 0.15) is 0 Å². The molecule has 2 N–H and O–H groups in total. The Morgan fingerprint density at radius 1 is 1.10 bits per heavy atom. The molecule has 0 bridgehead atoms. The lowest BCUT2D eigenvalue weighted by molar-refractivity contribution is 0.240. The summed E-state index contributed by atoms with van der Waals surface area (Å²) in [5, 5.41) is 0.775. The van der Waals surface area contributed by atoms with Crippen LogP contribution >= 0.6 is 11.6 Å². The summed E-state index contributed by atoms with van der Waals surface area (Å²) < 4.78 is 0. The van der Waals surface area contributed by atoms with Crippen molar-refractivity contribution in [2.45, 2.75) is 26.4 Å². The summed E-state index contributed by atoms with van der Waals surface area (Å²) in [5.74, 6) is 0. The molecule has 112 valence electrons. The van der Waals surface area contributed by atoms with Crippen LogP contribution in [0.3, 0.4) is 0 Å². The molecule has 0 heterocycles. The molecule has 0 saturated carbocycles. The first-order valence-corrected chi connectivity index (χ1v) is 7.61. The molecule has 2 aromatic carbocycles. The van der Waals surface area contributed by atoms with Crippen molar-refractivity contribution in [1.29, 1.82) is 0 Å². The van der Waals surface area contributed by atoms with E-state index in [-0.39, 0.29) is 6.04 Å². The number of hydrogen-bond acceptors (Lipinski definition) is 2. The van der Waals surface area contributed by atoms with Crippen LogP contribution in [-0.2, 0) is 6.54 Å². The van der Waals surface area contributed by atoms with Gasteiger partial charge in [0.05, 0.1) is 0 Å². The number of nitrogens with zero attached hydrogens (tertiary/aromatic N) is 1. The maximum Gasteiger partial charge on any atom is 0.0476 e. The van der Waals surface area contributed by atoms with Gasteiger partial charge in [-0.25, -0.2) is 0 Å². The molecule has 0 amide bonds. The molecule has 1 atom stereocenters. The Morgan fingerprint density at radius 3 is 2.29 bits per heavy atom. The smallest absolute Gasteiger partial charge is 0.0476 e. The second kappa shape index (κ2) is 7.08. The van der Waals surface area contributed by atoms with Crippen molar-refractivity contribution in [3.05, 3.63) is 69.7 Å². The molecule has 0 fully saturated rings. The molecule has 0 aromatic heterocycles. The number of benzene rings is 2. The van der Waals surface area contributed by atoms with Gasteiger partial charge in [0, 0.05) is 24.2 Å². The second-order valence-corrected chi connectivity index (χ2v) is 6.04. The molecule has 2 rings (SSSR count). The highest BCUT2D eigenvalue weighted by atomic mass is 35.5. The number of nitrogens with two attached hydrogens (primary N) is 1. The third-order valence-corrected chi connectivity index (χ3v) is 4.19. The van der Waals surface area contributed by atoms with Gasteiger partial charge < -0.3 is 5.73 Å². The summed E-state index contributed by atoms with van der Waals surface area (Å²) in [6, 6.07) is 14.6. The molecule has 3 heteroatoms. The Morgan fingerprint density at radius 2 is 1.71 bits per heavy atom. The molecule has 0 saturated heterocycles. The highest BCUT2D eigenvalue weighted by Crippen LogP contribution is 2.27. The zero-order chi connectivity index (χ0) is 15.4. The van der Waals surface area contributed by atoms with Crippen molar-refractivity contribution in [2.75, 3.05) is 13.6 Å². The van der Waals surface area contributed by atoms with Crippen molar-refractivity contribution in [3.63, 3.8) is 0 Å². The Balaban J connectivity index is 2.25. The highest BCUT2D eigenvalue weighted by Gasteiger charge is 2.19. The number of hydrogen-bond donors (Lipinski definition) is 1. The molecule has 2 aromatic rings. The lowest BCUT2D eigenvalue weighted by Crippen LogP contribution is -2.31. The van der Waals surface area contributed by atoms with Crippen LogP contribution in [0.25, 0.3) is 0 Å². The Bertz CT molecular complexity index is 590. The predicted molar refractivity (Wildman–Crippen MR) is 90.6 cm³/mol. The van der Waals surface area contributed by atoms with E-state index in [0.717, 1.165) is 11.6 Å². The first kappa shape index (κ1) is 16.0. The van der Waals surface area contributed by atoms with E-state index in [1.807, 2.05) is 18.2 Å². The van der Waals surface area contributed by atoms with E-state index in [1.165, 1.54) is 22.3 Å². The van der Waals surface area contributed by atoms with E-state index in [9.17, 15) is 0 Å². The lowest BCUT2D eigenvalue weighted by atomic mass is 9.95. The molecule has 21 heavy (non-hydrogen) atoms. The molecule has 2 nitrogen and oxygen atoms in total.